The van der Waals surface area contributed by atoms with Gasteiger partial charge in [0.05, 0.1) is 22.1 Å². The molecule has 3 N–H and O–H groups in total. The summed E-state index contributed by atoms with van der Waals surface area (Å²) in [5.74, 6) is -8.10. The number of carbonyl (C=O) groups excluding carboxylic acids is 4. The van der Waals surface area contributed by atoms with Crippen molar-refractivity contribution in [3.8, 4) is 0 Å². The van der Waals surface area contributed by atoms with E-state index in [-0.39, 0.29) is 42.2 Å². The Labute approximate surface area is 285 Å². The predicted molar refractivity (Wildman–Crippen MR) is 169 cm³/mol. The van der Waals surface area contributed by atoms with Crippen LogP contribution in [0.5, 0.6) is 0 Å². The van der Waals surface area contributed by atoms with Gasteiger partial charge in [0.2, 0.25) is 9.84 Å². The van der Waals surface area contributed by atoms with Crippen molar-refractivity contribution in [1.29, 1.82) is 0 Å². The second kappa shape index (κ2) is 13.0. The summed E-state index contributed by atoms with van der Waals surface area (Å²) < 4.78 is 73.9. The third-order valence-electron chi connectivity index (χ3n) is 9.55. The van der Waals surface area contributed by atoms with Crippen molar-refractivity contribution in [2.75, 3.05) is 11.9 Å². The number of hydrogen-bond donors (Lipinski definition) is 3. The van der Waals surface area contributed by atoms with Gasteiger partial charge in [0.25, 0.3) is 5.91 Å². The first-order chi connectivity index (χ1) is 22.6. The van der Waals surface area contributed by atoms with Gasteiger partial charge in [0.1, 0.15) is 11.6 Å². The van der Waals surface area contributed by atoms with Crippen LogP contribution in [0.3, 0.4) is 0 Å². The number of anilines is 1. The van der Waals surface area contributed by atoms with Gasteiger partial charge >= 0.3 is 6.09 Å². The number of amides is 2. The first kappa shape index (κ1) is 36.7. The number of benzene rings is 2. The summed E-state index contributed by atoms with van der Waals surface area (Å²) in [5, 5.41) is 25.3. The second-order valence-electron chi connectivity index (χ2n) is 14.0. The van der Waals surface area contributed by atoms with E-state index in [1.807, 2.05) is 0 Å². The molecule has 2 aromatic carbocycles. The zero-order chi connectivity index (χ0) is 36.3. The molecule has 0 radical (unpaired) electrons. The molecule has 5 atom stereocenters. The number of likely N-dealkylation sites (tertiary alicyclic amines) is 1. The maximum Gasteiger partial charge on any atom is 0.411 e. The van der Waals surface area contributed by atoms with Gasteiger partial charge in [0, 0.05) is 36.2 Å². The standard InChI is InChI=1S/C33H36ClF3N2O9S/c1-31(2,3)48-30(43)39-16-21(40)13-25(39)26(41)8-9-33(45)18-5-6-19(33)15-32(44,14-18)49(46,47)27-10-17(4-7-22(27)34)29(42)38-20-11-23(35)28(37)24(36)12-20/h4,7,10-12,18-19,25,44-45H,5-6,8-9,13-16H2,1-3H3,(H,38,42)/t18-,19?,25-,32?,33?/m0/s1. The Bertz CT molecular complexity index is 1790. The molecule has 2 saturated carbocycles. The molecular formula is C33H36ClF3N2O9S. The maximum atomic E-state index is 14.0. The zero-order valence-corrected chi connectivity index (χ0v) is 28.5. The van der Waals surface area contributed by atoms with Crippen molar-refractivity contribution < 1.29 is 55.7 Å². The van der Waals surface area contributed by atoms with E-state index in [1.54, 1.807) is 20.8 Å². The summed E-state index contributed by atoms with van der Waals surface area (Å²) in [6, 6.07) is 3.19. The fraction of sp³-hybridized carbons (Fsp3) is 0.515. The summed E-state index contributed by atoms with van der Waals surface area (Å²) in [6.07, 6.45) is -1.42. The van der Waals surface area contributed by atoms with Gasteiger partial charge < -0.3 is 20.3 Å². The largest absolute Gasteiger partial charge is 0.444 e. The molecule has 2 aliphatic carbocycles. The molecule has 2 bridgehead atoms. The second-order valence-corrected chi connectivity index (χ2v) is 16.6. The van der Waals surface area contributed by atoms with Gasteiger partial charge in [-0.25, -0.2) is 26.4 Å². The summed E-state index contributed by atoms with van der Waals surface area (Å²) in [5.41, 5.74) is -3.11. The summed E-state index contributed by atoms with van der Waals surface area (Å²) in [7, 11) is -4.70. The maximum absolute atomic E-state index is 14.0. The highest BCUT2D eigenvalue weighted by atomic mass is 35.5. The van der Waals surface area contributed by atoms with E-state index in [4.69, 9.17) is 16.3 Å². The van der Waals surface area contributed by atoms with Crippen LogP contribution in [0.4, 0.5) is 23.7 Å². The van der Waals surface area contributed by atoms with Crippen LogP contribution in [0.25, 0.3) is 0 Å². The normalized spacial score (nSPS) is 26.9. The van der Waals surface area contributed by atoms with Crippen LogP contribution in [0, 0.1) is 29.3 Å². The molecule has 2 amide bonds. The number of halogens is 4. The molecule has 11 nitrogen and oxygen atoms in total. The van der Waals surface area contributed by atoms with Crippen LogP contribution < -0.4 is 5.32 Å². The first-order valence-corrected chi connectivity index (χ1v) is 17.5. The van der Waals surface area contributed by atoms with E-state index in [0.29, 0.717) is 25.0 Å². The Balaban J connectivity index is 1.31. The number of rotatable bonds is 8. The summed E-state index contributed by atoms with van der Waals surface area (Å²) in [6.45, 7) is 4.68. The van der Waals surface area contributed by atoms with E-state index in [0.717, 1.165) is 23.1 Å². The van der Waals surface area contributed by atoms with Crippen molar-refractivity contribution in [1.82, 2.24) is 4.90 Å². The van der Waals surface area contributed by atoms with Crippen LogP contribution in [-0.4, -0.2) is 75.8 Å². The van der Waals surface area contributed by atoms with Gasteiger partial charge in [-0.3, -0.25) is 19.3 Å². The van der Waals surface area contributed by atoms with Crippen LogP contribution in [0.15, 0.2) is 35.2 Å². The van der Waals surface area contributed by atoms with Crippen LogP contribution >= 0.6 is 11.6 Å². The molecule has 1 aliphatic heterocycles. The van der Waals surface area contributed by atoms with Crippen LogP contribution in [-0.2, 0) is 24.2 Å². The Morgan fingerprint density at radius 3 is 2.20 bits per heavy atom. The number of hydrogen-bond acceptors (Lipinski definition) is 9. The van der Waals surface area contributed by atoms with Crippen LogP contribution in [0.2, 0.25) is 5.02 Å². The average molecular weight is 729 g/mol. The molecule has 3 fully saturated rings. The third kappa shape index (κ3) is 7.08. The molecule has 5 rings (SSSR count). The van der Waals surface area contributed by atoms with Gasteiger partial charge in [0.15, 0.2) is 34.0 Å². The number of aliphatic hydroxyl groups is 2. The van der Waals surface area contributed by atoms with Gasteiger partial charge in [-0.05, 0) is 82.9 Å². The minimum Gasteiger partial charge on any atom is -0.444 e. The SMILES string of the molecule is CC(C)(C)OC(=O)N1CC(=O)C[C@H]1C(=O)CCC1(O)C2CC[C@H]1CC(O)(S(=O)(=O)c1cc(C(=O)Nc3cc(F)c(F)c(F)c3)ccc1Cl)C2. The number of nitrogens with zero attached hydrogens (tertiary/aromatic N) is 1. The lowest BCUT2D eigenvalue weighted by molar-refractivity contribution is -0.131. The van der Waals surface area contributed by atoms with E-state index in [1.165, 1.54) is 0 Å². The molecule has 3 unspecified atom stereocenters. The Morgan fingerprint density at radius 1 is 1.04 bits per heavy atom. The fourth-order valence-electron chi connectivity index (χ4n) is 7.14. The first-order valence-electron chi connectivity index (χ1n) is 15.6. The molecule has 49 heavy (non-hydrogen) atoms. The third-order valence-corrected chi connectivity index (χ3v) is 12.2. The molecule has 266 valence electrons. The minimum absolute atomic E-state index is 0.0921. The lowest BCUT2D eigenvalue weighted by Crippen LogP contribution is -2.55. The molecule has 3 aliphatic rings. The summed E-state index contributed by atoms with van der Waals surface area (Å²) >= 11 is 6.25. The number of nitrogens with one attached hydrogen (secondary N) is 1. The predicted octanol–water partition coefficient (Wildman–Crippen LogP) is 4.95. The number of Topliss-reactive ketones (excluding diaryl/α,β-unsaturated/α-hetero) is 2. The van der Waals surface area contributed by atoms with E-state index < -0.39 is 103 Å². The molecule has 2 aromatic rings. The molecule has 0 aromatic heterocycles. The van der Waals surface area contributed by atoms with E-state index >= 15 is 0 Å². The Hall–Kier alpha value is -3.53. The molecule has 0 spiro atoms. The monoisotopic (exact) mass is 728 g/mol. The average Bonchev–Trinajstić information content (AvgIpc) is 3.45. The highest BCUT2D eigenvalue weighted by Crippen LogP contribution is 2.57. The van der Waals surface area contributed by atoms with Crippen molar-refractivity contribution in [2.45, 2.75) is 92.8 Å². The van der Waals surface area contributed by atoms with Crippen molar-refractivity contribution in [2.24, 2.45) is 11.8 Å². The van der Waals surface area contributed by atoms with Gasteiger partial charge in [-0.15, -0.1) is 0 Å². The molecular weight excluding hydrogens is 693 g/mol. The smallest absolute Gasteiger partial charge is 0.411 e. The van der Waals surface area contributed by atoms with Crippen molar-refractivity contribution in [3.63, 3.8) is 0 Å². The number of carbonyl (C=O) groups is 4. The van der Waals surface area contributed by atoms with Gasteiger partial charge in [-0.1, -0.05) is 11.6 Å². The number of sulfone groups is 1. The lowest BCUT2D eigenvalue weighted by atomic mass is 9.70. The van der Waals surface area contributed by atoms with E-state index in [2.05, 4.69) is 5.32 Å². The quantitative estimate of drug-likeness (QED) is 0.319. The Kier molecular flexibility index (Phi) is 9.73. The fourth-order valence-corrected chi connectivity index (χ4v) is 9.42. The molecule has 1 heterocycles. The highest BCUT2D eigenvalue weighted by molar-refractivity contribution is 7.92. The van der Waals surface area contributed by atoms with E-state index in [9.17, 15) is 51.0 Å². The highest BCUT2D eigenvalue weighted by Gasteiger charge is 2.61. The number of ether oxygens (including phenoxy) is 1. The topological polar surface area (TPSA) is 167 Å². The molecule has 1 saturated heterocycles. The number of ketones is 2. The van der Waals surface area contributed by atoms with Gasteiger partial charge in [-0.2, -0.15) is 0 Å². The lowest BCUT2D eigenvalue weighted by Gasteiger charge is -2.46. The van der Waals surface area contributed by atoms with Crippen molar-refractivity contribution in [3.05, 3.63) is 58.4 Å². The summed E-state index contributed by atoms with van der Waals surface area (Å²) in [4.78, 5) is 49.1. The minimum atomic E-state index is -4.70. The molecule has 16 heteroatoms. The Morgan fingerprint density at radius 2 is 1.63 bits per heavy atom. The zero-order valence-electron chi connectivity index (χ0n) is 26.9. The van der Waals surface area contributed by atoms with Crippen LogP contribution in [0.1, 0.15) is 76.1 Å². The van der Waals surface area contributed by atoms with Crippen molar-refractivity contribution >= 4 is 50.7 Å². The number of fused-ring (bicyclic) bond motifs is 2.